The van der Waals surface area contributed by atoms with E-state index in [9.17, 15) is 0 Å². The van der Waals surface area contributed by atoms with E-state index in [0.29, 0.717) is 11.5 Å². The number of aromatic nitrogens is 4. The summed E-state index contributed by atoms with van der Waals surface area (Å²) in [7, 11) is 0. The van der Waals surface area contributed by atoms with Crippen molar-refractivity contribution in [3.8, 4) is 11.5 Å². The summed E-state index contributed by atoms with van der Waals surface area (Å²) in [6, 6.07) is 0. The second-order valence-electron chi connectivity index (χ2n) is 1.72. The average molecular weight is 136 g/mol. The normalized spacial score (nSPS) is 10.0. The van der Waals surface area contributed by atoms with E-state index in [1.165, 1.54) is 6.39 Å². The molecule has 0 fully saturated rings. The lowest BCUT2D eigenvalue weighted by molar-refractivity contribution is 0.569. The van der Waals surface area contributed by atoms with E-state index >= 15 is 0 Å². The van der Waals surface area contributed by atoms with Gasteiger partial charge in [0.2, 0.25) is 0 Å². The molecule has 0 aliphatic heterocycles. The molecule has 0 aromatic carbocycles. The van der Waals surface area contributed by atoms with Crippen molar-refractivity contribution in [1.82, 2.24) is 20.4 Å². The van der Waals surface area contributed by atoms with Crippen molar-refractivity contribution in [2.75, 3.05) is 0 Å². The third kappa shape index (κ3) is 0.680. The molecule has 1 N–H and O–H groups in total. The van der Waals surface area contributed by atoms with Gasteiger partial charge in [-0.15, -0.1) is 0 Å². The number of oxazole rings is 1. The molecule has 0 atom stereocenters. The molecule has 2 aromatic rings. The van der Waals surface area contributed by atoms with Crippen LogP contribution in [0.15, 0.2) is 23.2 Å². The molecule has 0 saturated carbocycles. The van der Waals surface area contributed by atoms with E-state index in [-0.39, 0.29) is 0 Å². The number of H-pyrrole nitrogens is 1. The highest BCUT2D eigenvalue weighted by Gasteiger charge is 2.01. The maximum atomic E-state index is 4.94. The van der Waals surface area contributed by atoms with E-state index < -0.39 is 0 Å². The fraction of sp³-hybridized carbons (Fsp3) is 0. The van der Waals surface area contributed by atoms with Gasteiger partial charge in [-0.25, -0.2) is 4.98 Å². The first kappa shape index (κ1) is 5.16. The predicted molar refractivity (Wildman–Crippen MR) is 31.9 cm³/mol. The van der Waals surface area contributed by atoms with Crippen LogP contribution in [-0.2, 0) is 0 Å². The zero-order valence-corrected chi connectivity index (χ0v) is 4.98. The van der Waals surface area contributed by atoms with Crippen LogP contribution in [-0.4, -0.2) is 20.4 Å². The predicted octanol–water partition coefficient (Wildman–Crippen LogP) is 0.460. The SMILES string of the molecule is c1ncc(-c2cn[nH]n2)o1. The van der Waals surface area contributed by atoms with Gasteiger partial charge >= 0.3 is 0 Å². The van der Waals surface area contributed by atoms with E-state index in [1.54, 1.807) is 12.4 Å². The molecule has 0 unspecified atom stereocenters. The maximum absolute atomic E-state index is 4.94. The lowest BCUT2D eigenvalue weighted by atomic mass is 10.4. The maximum Gasteiger partial charge on any atom is 0.181 e. The second-order valence-corrected chi connectivity index (χ2v) is 1.72. The van der Waals surface area contributed by atoms with Gasteiger partial charge in [-0.05, 0) is 0 Å². The lowest BCUT2D eigenvalue weighted by Crippen LogP contribution is -1.71. The minimum absolute atomic E-state index is 0.619. The molecule has 5 nitrogen and oxygen atoms in total. The van der Waals surface area contributed by atoms with Gasteiger partial charge < -0.3 is 4.42 Å². The monoisotopic (exact) mass is 136 g/mol. The van der Waals surface area contributed by atoms with Gasteiger partial charge in [0.25, 0.3) is 0 Å². The van der Waals surface area contributed by atoms with Crippen LogP contribution in [0.2, 0.25) is 0 Å². The topological polar surface area (TPSA) is 67.6 Å². The van der Waals surface area contributed by atoms with Crippen LogP contribution in [0.1, 0.15) is 0 Å². The third-order valence-corrected chi connectivity index (χ3v) is 1.10. The van der Waals surface area contributed by atoms with Crippen molar-refractivity contribution in [2.24, 2.45) is 0 Å². The zero-order chi connectivity index (χ0) is 6.81. The van der Waals surface area contributed by atoms with Crippen molar-refractivity contribution in [3.05, 3.63) is 18.8 Å². The van der Waals surface area contributed by atoms with Gasteiger partial charge in [0, 0.05) is 0 Å². The summed E-state index contributed by atoms with van der Waals surface area (Å²) >= 11 is 0. The minimum atomic E-state index is 0.619. The Kier molecular flexibility index (Phi) is 1.00. The van der Waals surface area contributed by atoms with Gasteiger partial charge in [0.05, 0.1) is 12.4 Å². The molecule has 50 valence electrons. The highest BCUT2D eigenvalue weighted by atomic mass is 16.3. The molecular formula is C5H4N4O. The summed E-state index contributed by atoms with van der Waals surface area (Å²) < 4.78 is 4.94. The molecule has 2 rings (SSSR count). The first-order chi connectivity index (χ1) is 4.97. The van der Waals surface area contributed by atoms with E-state index in [2.05, 4.69) is 20.4 Å². The van der Waals surface area contributed by atoms with Gasteiger partial charge in [-0.1, -0.05) is 0 Å². The Morgan fingerprint density at radius 2 is 2.40 bits per heavy atom. The van der Waals surface area contributed by atoms with Crippen molar-refractivity contribution in [1.29, 1.82) is 0 Å². The van der Waals surface area contributed by atoms with E-state index in [1.807, 2.05) is 0 Å². The zero-order valence-electron chi connectivity index (χ0n) is 4.98. The van der Waals surface area contributed by atoms with Crippen LogP contribution in [0.3, 0.4) is 0 Å². The highest BCUT2D eigenvalue weighted by Crippen LogP contribution is 2.12. The summed E-state index contributed by atoms with van der Waals surface area (Å²) in [6.07, 6.45) is 4.50. The molecule has 0 spiro atoms. The van der Waals surface area contributed by atoms with Gasteiger partial charge in [0.15, 0.2) is 12.2 Å². The van der Waals surface area contributed by atoms with Crippen LogP contribution in [0.25, 0.3) is 11.5 Å². The Labute approximate surface area is 56.1 Å². The fourth-order valence-corrected chi connectivity index (χ4v) is 0.663. The summed E-state index contributed by atoms with van der Waals surface area (Å²) in [5, 5.41) is 9.87. The molecule has 2 aromatic heterocycles. The second kappa shape index (κ2) is 1.94. The summed E-state index contributed by atoms with van der Waals surface area (Å²) in [4.78, 5) is 3.73. The Bertz CT molecular complexity index is 253. The van der Waals surface area contributed by atoms with Gasteiger partial charge in [0.1, 0.15) is 5.69 Å². The number of nitrogens with zero attached hydrogens (tertiary/aromatic N) is 3. The molecule has 2 heterocycles. The first-order valence-corrected chi connectivity index (χ1v) is 2.71. The molecule has 0 aliphatic carbocycles. The molecule has 5 heteroatoms. The number of nitrogens with one attached hydrogen (secondary N) is 1. The molecule has 0 aliphatic rings. The Hall–Kier alpha value is -1.65. The van der Waals surface area contributed by atoms with E-state index in [0.717, 1.165) is 0 Å². The number of aromatic amines is 1. The summed E-state index contributed by atoms with van der Waals surface area (Å²) in [5.41, 5.74) is 0.664. The summed E-state index contributed by atoms with van der Waals surface area (Å²) in [5.74, 6) is 0.619. The number of hydrogen-bond donors (Lipinski definition) is 1. The molecule has 0 radical (unpaired) electrons. The van der Waals surface area contributed by atoms with E-state index in [4.69, 9.17) is 4.42 Å². The molecule has 0 saturated heterocycles. The van der Waals surface area contributed by atoms with Crippen LogP contribution in [0, 0.1) is 0 Å². The number of hydrogen-bond acceptors (Lipinski definition) is 4. The quantitative estimate of drug-likeness (QED) is 0.618. The minimum Gasteiger partial charge on any atom is -0.442 e. The van der Waals surface area contributed by atoms with Crippen molar-refractivity contribution in [2.45, 2.75) is 0 Å². The van der Waals surface area contributed by atoms with Crippen molar-refractivity contribution < 1.29 is 4.42 Å². The third-order valence-electron chi connectivity index (χ3n) is 1.10. The molecule has 0 amide bonds. The fourth-order valence-electron chi connectivity index (χ4n) is 0.663. The standard InChI is InChI=1S/C5H4N4O/c1-4(8-9-7-1)5-2-6-3-10-5/h1-3H,(H,7,8,9). The lowest BCUT2D eigenvalue weighted by Gasteiger charge is -1.80. The smallest absolute Gasteiger partial charge is 0.181 e. The Morgan fingerprint density at radius 1 is 1.40 bits per heavy atom. The first-order valence-electron chi connectivity index (χ1n) is 2.71. The summed E-state index contributed by atoms with van der Waals surface area (Å²) in [6.45, 7) is 0. The highest BCUT2D eigenvalue weighted by molar-refractivity contribution is 5.47. The van der Waals surface area contributed by atoms with Gasteiger partial charge in [-0.2, -0.15) is 15.4 Å². The van der Waals surface area contributed by atoms with Crippen molar-refractivity contribution in [3.63, 3.8) is 0 Å². The van der Waals surface area contributed by atoms with Crippen LogP contribution >= 0.6 is 0 Å². The van der Waals surface area contributed by atoms with Crippen LogP contribution in [0.5, 0.6) is 0 Å². The van der Waals surface area contributed by atoms with Crippen LogP contribution < -0.4 is 0 Å². The van der Waals surface area contributed by atoms with Crippen molar-refractivity contribution >= 4 is 0 Å². The average Bonchev–Trinajstić information content (AvgIpc) is 2.59. The van der Waals surface area contributed by atoms with Gasteiger partial charge in [-0.3, -0.25) is 0 Å². The Balaban J connectivity index is 2.48. The molecule has 0 bridgehead atoms. The Morgan fingerprint density at radius 3 is 3.00 bits per heavy atom. The number of rotatable bonds is 1. The molecule has 10 heavy (non-hydrogen) atoms. The molecular weight excluding hydrogens is 132 g/mol. The van der Waals surface area contributed by atoms with Crippen LogP contribution in [0.4, 0.5) is 0 Å². The largest absolute Gasteiger partial charge is 0.442 e.